The number of carbonyl (C=O) groups excluding carboxylic acids is 1. The van der Waals surface area contributed by atoms with Crippen molar-refractivity contribution in [2.45, 2.75) is 57.5 Å². The van der Waals surface area contributed by atoms with Gasteiger partial charge in [0.2, 0.25) is 0 Å². The number of fused-ring (bicyclic) bond motifs is 1. The van der Waals surface area contributed by atoms with Crippen LogP contribution >= 0.6 is 11.6 Å². The van der Waals surface area contributed by atoms with Crippen LogP contribution < -0.4 is 5.32 Å². The summed E-state index contributed by atoms with van der Waals surface area (Å²) in [7, 11) is 0. The molecular formula is C19H25ClN4O. The van der Waals surface area contributed by atoms with Gasteiger partial charge in [-0.2, -0.15) is 0 Å². The van der Waals surface area contributed by atoms with Crippen LogP contribution in [0.2, 0.25) is 5.02 Å². The molecule has 6 heteroatoms. The van der Waals surface area contributed by atoms with Gasteiger partial charge in [-0.25, -0.2) is 9.78 Å². The Labute approximate surface area is 153 Å². The quantitative estimate of drug-likeness (QED) is 0.866. The second-order valence-electron chi connectivity index (χ2n) is 7.39. The smallest absolute Gasteiger partial charge is 0.317 e. The first kappa shape index (κ1) is 16.7. The predicted molar refractivity (Wildman–Crippen MR) is 98.7 cm³/mol. The molecule has 0 radical (unpaired) electrons. The van der Waals surface area contributed by atoms with Crippen molar-refractivity contribution in [2.75, 3.05) is 6.54 Å². The zero-order chi connectivity index (χ0) is 17.2. The maximum atomic E-state index is 12.7. The Morgan fingerprint density at radius 3 is 2.76 bits per heavy atom. The molecule has 25 heavy (non-hydrogen) atoms. The van der Waals surface area contributed by atoms with Crippen LogP contribution in [0.15, 0.2) is 24.5 Å². The number of imidazole rings is 1. The minimum atomic E-state index is 0.0585. The number of rotatable bonds is 5. The number of nitrogens with one attached hydrogen (secondary N) is 1. The monoisotopic (exact) mass is 360 g/mol. The first-order valence-corrected chi connectivity index (χ1v) is 9.74. The van der Waals surface area contributed by atoms with E-state index in [1.165, 1.54) is 32.1 Å². The van der Waals surface area contributed by atoms with Gasteiger partial charge in [-0.3, -0.25) is 0 Å². The van der Waals surface area contributed by atoms with Gasteiger partial charge in [0.15, 0.2) is 0 Å². The van der Waals surface area contributed by atoms with E-state index in [1.807, 2.05) is 28.9 Å². The van der Waals surface area contributed by atoms with Gasteiger partial charge in [0.25, 0.3) is 0 Å². The van der Waals surface area contributed by atoms with Crippen molar-refractivity contribution in [3.8, 4) is 0 Å². The van der Waals surface area contributed by atoms with Crippen LogP contribution in [0.25, 0.3) is 5.65 Å². The average Bonchev–Trinajstić information content (AvgIpc) is 3.38. The van der Waals surface area contributed by atoms with E-state index < -0.39 is 0 Å². The van der Waals surface area contributed by atoms with Gasteiger partial charge < -0.3 is 14.6 Å². The highest BCUT2D eigenvalue weighted by Gasteiger charge is 2.34. The molecular weight excluding hydrogens is 336 g/mol. The number of halogens is 1. The van der Waals surface area contributed by atoms with Crippen LogP contribution in [0.5, 0.6) is 0 Å². The summed E-state index contributed by atoms with van der Waals surface area (Å²) in [5.74, 6) is 0.678. The van der Waals surface area contributed by atoms with Crippen LogP contribution in [0.4, 0.5) is 4.79 Å². The Morgan fingerprint density at radius 2 is 2.00 bits per heavy atom. The molecule has 2 aromatic heterocycles. The lowest BCUT2D eigenvalue weighted by atomic mass is 9.89. The number of urea groups is 1. The highest BCUT2D eigenvalue weighted by molar-refractivity contribution is 6.30. The molecule has 0 aromatic carbocycles. The molecule has 2 saturated carbocycles. The molecule has 2 aromatic rings. The van der Waals surface area contributed by atoms with Gasteiger partial charge in [0.05, 0.1) is 17.3 Å². The fourth-order valence-electron chi connectivity index (χ4n) is 3.80. The van der Waals surface area contributed by atoms with E-state index in [0.717, 1.165) is 30.7 Å². The summed E-state index contributed by atoms with van der Waals surface area (Å²) in [6.07, 6.45) is 12.6. The van der Waals surface area contributed by atoms with Crippen LogP contribution in [0.1, 0.15) is 50.6 Å². The van der Waals surface area contributed by atoms with Crippen molar-refractivity contribution in [1.82, 2.24) is 19.6 Å². The molecule has 0 bridgehead atoms. The highest BCUT2D eigenvalue weighted by Crippen LogP contribution is 2.31. The van der Waals surface area contributed by atoms with Crippen molar-refractivity contribution in [1.29, 1.82) is 0 Å². The molecule has 2 fully saturated rings. The van der Waals surface area contributed by atoms with E-state index in [1.54, 1.807) is 0 Å². The van der Waals surface area contributed by atoms with Crippen LogP contribution in [-0.2, 0) is 6.54 Å². The van der Waals surface area contributed by atoms with Crippen LogP contribution in [-0.4, -0.2) is 32.9 Å². The Hall–Kier alpha value is -1.75. The lowest BCUT2D eigenvalue weighted by molar-refractivity contribution is 0.174. The van der Waals surface area contributed by atoms with Crippen molar-refractivity contribution in [2.24, 2.45) is 5.92 Å². The standard InChI is InChI=1S/C19H25ClN4O/c20-15-6-9-18-22-16(13-23(18)12-15)10-21-19(25)24(17-7-8-17)11-14-4-2-1-3-5-14/h6,9,12-14,17H,1-5,7-8,10-11H2,(H,21,25). The molecule has 5 nitrogen and oxygen atoms in total. The van der Waals surface area contributed by atoms with Gasteiger partial charge in [-0.15, -0.1) is 0 Å². The van der Waals surface area contributed by atoms with Crippen molar-refractivity contribution >= 4 is 23.3 Å². The molecule has 2 heterocycles. The van der Waals surface area contributed by atoms with Gasteiger partial charge >= 0.3 is 6.03 Å². The summed E-state index contributed by atoms with van der Waals surface area (Å²) in [4.78, 5) is 19.3. The third kappa shape index (κ3) is 4.09. The van der Waals surface area contributed by atoms with Crippen molar-refractivity contribution in [3.05, 3.63) is 35.2 Å². The zero-order valence-electron chi connectivity index (χ0n) is 14.5. The fourth-order valence-corrected chi connectivity index (χ4v) is 3.97. The number of pyridine rings is 1. The number of carbonyl (C=O) groups is 1. The average molecular weight is 361 g/mol. The fraction of sp³-hybridized carbons (Fsp3) is 0.579. The lowest BCUT2D eigenvalue weighted by Crippen LogP contribution is -2.44. The van der Waals surface area contributed by atoms with E-state index in [0.29, 0.717) is 23.5 Å². The van der Waals surface area contributed by atoms with Crippen LogP contribution in [0.3, 0.4) is 0 Å². The Bertz CT molecular complexity index is 749. The van der Waals surface area contributed by atoms with Gasteiger partial charge in [-0.05, 0) is 43.7 Å². The number of nitrogens with zero attached hydrogens (tertiary/aromatic N) is 3. The normalized spacial score (nSPS) is 18.4. The molecule has 134 valence electrons. The highest BCUT2D eigenvalue weighted by atomic mass is 35.5. The molecule has 0 aliphatic heterocycles. The summed E-state index contributed by atoms with van der Waals surface area (Å²) in [5.41, 5.74) is 1.69. The Morgan fingerprint density at radius 1 is 1.20 bits per heavy atom. The van der Waals surface area contributed by atoms with Crippen molar-refractivity contribution < 1.29 is 4.79 Å². The minimum Gasteiger partial charge on any atom is -0.332 e. The summed E-state index contributed by atoms with van der Waals surface area (Å²) in [5, 5.41) is 3.74. The summed E-state index contributed by atoms with van der Waals surface area (Å²) in [6, 6.07) is 4.21. The Kier molecular flexibility index (Phi) is 4.84. The third-order valence-electron chi connectivity index (χ3n) is 5.31. The SMILES string of the molecule is O=C(NCc1cn2cc(Cl)ccc2n1)N(CC1CCCCC1)C1CC1. The van der Waals surface area contributed by atoms with Gasteiger partial charge in [0, 0.05) is 25.0 Å². The summed E-state index contributed by atoms with van der Waals surface area (Å²) in [6.45, 7) is 1.36. The van der Waals surface area contributed by atoms with Gasteiger partial charge in [-0.1, -0.05) is 30.9 Å². The zero-order valence-corrected chi connectivity index (χ0v) is 15.2. The second-order valence-corrected chi connectivity index (χ2v) is 7.83. The molecule has 2 aliphatic carbocycles. The number of hydrogen-bond acceptors (Lipinski definition) is 2. The third-order valence-corrected chi connectivity index (χ3v) is 5.54. The molecule has 1 N–H and O–H groups in total. The second kappa shape index (κ2) is 7.24. The molecule has 2 amide bonds. The molecule has 2 aliphatic rings. The molecule has 4 rings (SSSR count). The predicted octanol–water partition coefficient (Wildman–Crippen LogP) is 4.24. The molecule has 0 atom stereocenters. The Balaban J connectivity index is 1.37. The summed E-state index contributed by atoms with van der Waals surface area (Å²) < 4.78 is 1.89. The minimum absolute atomic E-state index is 0.0585. The maximum Gasteiger partial charge on any atom is 0.317 e. The van der Waals surface area contributed by atoms with E-state index in [-0.39, 0.29) is 6.03 Å². The van der Waals surface area contributed by atoms with Gasteiger partial charge in [0.1, 0.15) is 5.65 Å². The van der Waals surface area contributed by atoms with E-state index >= 15 is 0 Å². The van der Waals surface area contributed by atoms with E-state index in [4.69, 9.17) is 11.6 Å². The lowest BCUT2D eigenvalue weighted by Gasteiger charge is -2.30. The topological polar surface area (TPSA) is 49.6 Å². The number of aromatic nitrogens is 2. The van der Waals surface area contributed by atoms with Crippen molar-refractivity contribution in [3.63, 3.8) is 0 Å². The number of amides is 2. The first-order valence-electron chi connectivity index (χ1n) is 9.36. The molecule has 0 saturated heterocycles. The largest absolute Gasteiger partial charge is 0.332 e. The molecule has 0 spiro atoms. The first-order chi connectivity index (χ1) is 12.2. The summed E-state index contributed by atoms with van der Waals surface area (Å²) >= 11 is 6.01. The number of hydrogen-bond donors (Lipinski definition) is 1. The molecule has 0 unspecified atom stereocenters. The van der Waals surface area contributed by atoms with E-state index in [9.17, 15) is 4.79 Å². The van der Waals surface area contributed by atoms with Crippen LogP contribution in [0, 0.1) is 5.92 Å². The van der Waals surface area contributed by atoms with E-state index in [2.05, 4.69) is 15.2 Å². The maximum absolute atomic E-state index is 12.7.